The number of sulfonamides is 1. The number of carbonyl (C=O) groups is 2. The van der Waals surface area contributed by atoms with Gasteiger partial charge in [-0.2, -0.15) is 4.31 Å². The molecule has 0 unspecified atom stereocenters. The predicted octanol–water partition coefficient (Wildman–Crippen LogP) is 4.42. The summed E-state index contributed by atoms with van der Waals surface area (Å²) >= 11 is 9.51. The minimum atomic E-state index is -3.61. The molecule has 2 aromatic rings. The molecule has 2 aromatic carbocycles. The fourth-order valence-corrected chi connectivity index (χ4v) is 6.55. The monoisotopic (exact) mass is 627 g/mol. The lowest BCUT2D eigenvalue weighted by atomic mass is 10.0. The highest BCUT2D eigenvalue weighted by Gasteiger charge is 2.33. The van der Waals surface area contributed by atoms with E-state index >= 15 is 0 Å². The molecule has 2 amide bonds. The number of ether oxygens (including phenoxy) is 1. The van der Waals surface area contributed by atoms with Gasteiger partial charge in [0, 0.05) is 48.8 Å². The van der Waals surface area contributed by atoms with Crippen LogP contribution < -0.4 is 0 Å². The number of rotatable bonds is 12. The van der Waals surface area contributed by atoms with Crippen molar-refractivity contribution in [3.05, 3.63) is 69.2 Å². The van der Waals surface area contributed by atoms with Crippen molar-refractivity contribution in [1.82, 2.24) is 14.1 Å². The Morgan fingerprint density at radius 2 is 1.76 bits per heavy atom. The maximum atomic E-state index is 13.7. The van der Waals surface area contributed by atoms with E-state index in [0.717, 1.165) is 10.0 Å². The Kier molecular flexibility index (Phi) is 11.6. The van der Waals surface area contributed by atoms with Gasteiger partial charge in [0.25, 0.3) is 5.91 Å². The highest BCUT2D eigenvalue weighted by atomic mass is 79.9. The summed E-state index contributed by atoms with van der Waals surface area (Å²) in [5.41, 5.74) is 1.50. The van der Waals surface area contributed by atoms with Crippen molar-refractivity contribution in [2.24, 2.45) is 0 Å². The molecule has 38 heavy (non-hydrogen) atoms. The number of amides is 2. The van der Waals surface area contributed by atoms with Crippen LogP contribution in [0.5, 0.6) is 0 Å². The van der Waals surface area contributed by atoms with E-state index in [-0.39, 0.29) is 43.3 Å². The minimum absolute atomic E-state index is 0.0310. The third-order valence-corrected chi connectivity index (χ3v) is 9.56. The molecule has 1 fully saturated rings. The quantitative estimate of drug-likeness (QED) is 0.347. The summed E-state index contributed by atoms with van der Waals surface area (Å²) in [6.45, 7) is 3.17. The molecule has 0 aromatic heterocycles. The van der Waals surface area contributed by atoms with E-state index in [1.807, 2.05) is 30.3 Å². The molecular weight excluding hydrogens is 594 g/mol. The van der Waals surface area contributed by atoms with Crippen molar-refractivity contribution in [3.8, 4) is 0 Å². The SMILES string of the molecule is CCCS(=O)(=O)N(CCOC)CC(=O)N(Cc1ccc(Cl)cc1)C1CCN(C(=O)c2ccccc2Br)CC1. The van der Waals surface area contributed by atoms with Crippen LogP contribution >= 0.6 is 27.5 Å². The van der Waals surface area contributed by atoms with E-state index in [1.165, 1.54) is 11.4 Å². The molecule has 208 valence electrons. The molecule has 0 spiro atoms. The van der Waals surface area contributed by atoms with E-state index in [0.29, 0.717) is 49.5 Å². The average Bonchev–Trinajstić information content (AvgIpc) is 2.90. The third-order valence-electron chi connectivity index (χ3n) is 6.60. The van der Waals surface area contributed by atoms with Gasteiger partial charge in [-0.25, -0.2) is 8.42 Å². The zero-order valence-electron chi connectivity index (χ0n) is 21.8. The highest BCUT2D eigenvalue weighted by molar-refractivity contribution is 9.10. The van der Waals surface area contributed by atoms with Gasteiger partial charge in [0.2, 0.25) is 15.9 Å². The Hall–Kier alpha value is -1.98. The fraction of sp³-hybridized carbons (Fsp3) is 0.481. The molecule has 0 saturated carbocycles. The molecule has 3 rings (SSSR count). The number of piperidine rings is 1. The Balaban J connectivity index is 1.78. The van der Waals surface area contributed by atoms with Crippen molar-refractivity contribution in [2.75, 3.05) is 45.6 Å². The lowest BCUT2D eigenvalue weighted by molar-refractivity contribution is -0.135. The Labute approximate surface area is 239 Å². The molecule has 1 aliphatic heterocycles. The molecule has 1 heterocycles. The second-order valence-corrected chi connectivity index (χ2v) is 12.7. The number of likely N-dealkylation sites (tertiary alicyclic amines) is 1. The van der Waals surface area contributed by atoms with Crippen molar-refractivity contribution in [1.29, 1.82) is 0 Å². The molecule has 0 aliphatic carbocycles. The van der Waals surface area contributed by atoms with Gasteiger partial charge in [0.1, 0.15) is 0 Å². The number of halogens is 2. The number of hydrogen-bond donors (Lipinski definition) is 0. The number of methoxy groups -OCH3 is 1. The average molecular weight is 629 g/mol. The van der Waals surface area contributed by atoms with Crippen LogP contribution in [0.2, 0.25) is 5.02 Å². The third kappa shape index (κ3) is 8.26. The van der Waals surface area contributed by atoms with Crippen LogP contribution in [0.25, 0.3) is 0 Å². The summed E-state index contributed by atoms with van der Waals surface area (Å²) < 4.78 is 32.8. The van der Waals surface area contributed by atoms with E-state index in [2.05, 4.69) is 15.9 Å². The molecule has 8 nitrogen and oxygen atoms in total. The zero-order valence-corrected chi connectivity index (χ0v) is 25.0. The molecule has 0 atom stereocenters. The van der Waals surface area contributed by atoms with Crippen LogP contribution in [0.4, 0.5) is 0 Å². The van der Waals surface area contributed by atoms with E-state index in [1.54, 1.807) is 34.9 Å². The number of carbonyl (C=O) groups excluding carboxylic acids is 2. The summed E-state index contributed by atoms with van der Waals surface area (Å²) in [5, 5.41) is 0.599. The zero-order chi connectivity index (χ0) is 27.7. The highest BCUT2D eigenvalue weighted by Crippen LogP contribution is 2.24. The van der Waals surface area contributed by atoms with Gasteiger partial charge in [-0.3, -0.25) is 9.59 Å². The smallest absolute Gasteiger partial charge is 0.254 e. The van der Waals surface area contributed by atoms with E-state index in [4.69, 9.17) is 16.3 Å². The van der Waals surface area contributed by atoms with Gasteiger partial charge in [-0.05, 0) is 65.0 Å². The van der Waals surface area contributed by atoms with Gasteiger partial charge in [-0.1, -0.05) is 42.8 Å². The first-order valence-electron chi connectivity index (χ1n) is 12.7. The summed E-state index contributed by atoms with van der Waals surface area (Å²) in [5.74, 6) is -0.356. The first-order chi connectivity index (χ1) is 18.2. The molecule has 11 heteroatoms. The van der Waals surface area contributed by atoms with E-state index in [9.17, 15) is 18.0 Å². The topological polar surface area (TPSA) is 87.2 Å². The maximum Gasteiger partial charge on any atom is 0.254 e. The van der Waals surface area contributed by atoms with Crippen molar-refractivity contribution < 1.29 is 22.7 Å². The van der Waals surface area contributed by atoms with Gasteiger partial charge in [0.05, 0.1) is 24.5 Å². The van der Waals surface area contributed by atoms with Crippen molar-refractivity contribution >= 4 is 49.4 Å². The van der Waals surface area contributed by atoms with E-state index < -0.39 is 10.0 Å². The first-order valence-corrected chi connectivity index (χ1v) is 15.5. The van der Waals surface area contributed by atoms with Crippen molar-refractivity contribution in [3.63, 3.8) is 0 Å². The molecule has 0 bridgehead atoms. The number of benzene rings is 2. The van der Waals surface area contributed by atoms with Crippen LogP contribution in [0.3, 0.4) is 0 Å². The fourth-order valence-electron chi connectivity index (χ4n) is 4.53. The van der Waals surface area contributed by atoms with Gasteiger partial charge in [-0.15, -0.1) is 0 Å². The Morgan fingerprint density at radius 3 is 2.37 bits per heavy atom. The van der Waals surface area contributed by atoms with Crippen LogP contribution in [0.15, 0.2) is 53.0 Å². The van der Waals surface area contributed by atoms with Gasteiger partial charge >= 0.3 is 0 Å². The largest absolute Gasteiger partial charge is 0.383 e. The lowest BCUT2D eigenvalue weighted by Crippen LogP contribution is -2.51. The second-order valence-electron chi connectivity index (χ2n) is 9.29. The number of hydrogen-bond acceptors (Lipinski definition) is 5. The van der Waals surface area contributed by atoms with Gasteiger partial charge < -0.3 is 14.5 Å². The molecular formula is C27H35BrClN3O5S. The standard InChI is InChI=1S/C27H35BrClN3O5S/c1-3-18-38(35,36)31(16-17-37-2)20-26(33)32(19-21-8-10-22(29)11-9-21)23-12-14-30(15-13-23)27(34)24-6-4-5-7-25(24)28/h4-11,23H,3,12-20H2,1-2H3. The minimum Gasteiger partial charge on any atom is -0.383 e. The predicted molar refractivity (Wildman–Crippen MR) is 153 cm³/mol. The maximum absolute atomic E-state index is 13.7. The number of nitrogens with zero attached hydrogens (tertiary/aromatic N) is 3. The molecule has 1 aliphatic rings. The molecule has 1 saturated heterocycles. The molecule has 0 radical (unpaired) electrons. The Bertz CT molecular complexity index is 1190. The summed E-state index contributed by atoms with van der Waals surface area (Å²) in [6, 6.07) is 14.5. The lowest BCUT2D eigenvalue weighted by Gasteiger charge is -2.39. The first kappa shape index (κ1) is 30.6. The summed E-state index contributed by atoms with van der Waals surface area (Å²) in [4.78, 5) is 30.3. The van der Waals surface area contributed by atoms with Crippen LogP contribution in [0, 0.1) is 0 Å². The molecule has 0 N–H and O–H groups in total. The normalized spacial score (nSPS) is 14.6. The Morgan fingerprint density at radius 1 is 1.11 bits per heavy atom. The second kappa shape index (κ2) is 14.4. The van der Waals surface area contributed by atoms with Crippen molar-refractivity contribution in [2.45, 2.75) is 38.8 Å². The van der Waals surface area contributed by atoms with Crippen LogP contribution in [0.1, 0.15) is 42.1 Å². The van der Waals surface area contributed by atoms with Crippen LogP contribution in [-0.4, -0.2) is 86.0 Å². The summed E-state index contributed by atoms with van der Waals surface area (Å²) in [7, 11) is -2.10. The van der Waals surface area contributed by atoms with Crippen LogP contribution in [-0.2, 0) is 26.1 Å². The van der Waals surface area contributed by atoms with Gasteiger partial charge in [0.15, 0.2) is 0 Å². The summed E-state index contributed by atoms with van der Waals surface area (Å²) in [6.07, 6.45) is 1.64.